The molecule has 0 bridgehead atoms. The molecule has 4 aromatic rings. The Kier molecular flexibility index (Phi) is 9.60. The van der Waals surface area contributed by atoms with Crippen molar-refractivity contribution in [1.82, 2.24) is 19.8 Å². The third-order valence-electron chi connectivity index (χ3n) is 5.68. The third-order valence-corrected chi connectivity index (χ3v) is 7.04. The first-order valence-electron chi connectivity index (χ1n) is 11.3. The van der Waals surface area contributed by atoms with Crippen molar-refractivity contribution in [1.29, 1.82) is 0 Å². The van der Waals surface area contributed by atoms with E-state index >= 15 is 0 Å². The molecule has 0 fully saturated rings. The molecule has 0 unspecified atom stereocenters. The number of alkyl halides is 3. The van der Waals surface area contributed by atoms with Crippen molar-refractivity contribution < 1.29 is 30.8 Å². The van der Waals surface area contributed by atoms with E-state index in [0.717, 1.165) is 17.7 Å². The van der Waals surface area contributed by atoms with Crippen molar-refractivity contribution in [3.63, 3.8) is 0 Å². The first kappa shape index (κ1) is 30.4. The van der Waals surface area contributed by atoms with Crippen molar-refractivity contribution >= 4 is 45.6 Å². The van der Waals surface area contributed by atoms with Gasteiger partial charge >= 0.3 is 12.2 Å². The zero-order valence-electron chi connectivity index (χ0n) is 21.0. The molecule has 13 heteroatoms. The van der Waals surface area contributed by atoms with Gasteiger partial charge in [0.05, 0.1) is 5.69 Å². The molecule has 3 aromatic carbocycles. The largest absolute Gasteiger partial charge is 0.435 e. The Balaban J connectivity index is 0.00000420. The van der Waals surface area contributed by atoms with Gasteiger partial charge < -0.3 is 5.32 Å². The topological polar surface area (TPSA) is 93.1 Å². The maximum Gasteiger partial charge on any atom is 0.435 e. The van der Waals surface area contributed by atoms with Crippen LogP contribution in [0.3, 0.4) is 0 Å². The summed E-state index contributed by atoms with van der Waals surface area (Å²) in [7, 11) is -4.38. The summed E-state index contributed by atoms with van der Waals surface area (Å²) in [4.78, 5) is 11.4. The van der Waals surface area contributed by atoms with Crippen LogP contribution in [0.2, 0.25) is 0 Å². The van der Waals surface area contributed by atoms with Gasteiger partial charge in [0.15, 0.2) is 5.69 Å². The average molecular weight is 570 g/mol. The first-order valence-corrected chi connectivity index (χ1v) is 12.8. The summed E-state index contributed by atoms with van der Waals surface area (Å²) >= 11 is 0. The van der Waals surface area contributed by atoms with Crippen LogP contribution >= 0.6 is 0 Å². The normalized spacial score (nSPS) is 11.5. The molecule has 4 rings (SSSR count). The summed E-state index contributed by atoms with van der Waals surface area (Å²) in [6, 6.07) is 18.4. The van der Waals surface area contributed by atoms with E-state index in [1.165, 1.54) is 16.8 Å². The van der Waals surface area contributed by atoms with Crippen LogP contribution in [-0.4, -0.2) is 60.3 Å². The summed E-state index contributed by atoms with van der Waals surface area (Å²) in [5.41, 5.74) is 0.900. The van der Waals surface area contributed by atoms with E-state index in [0.29, 0.717) is 23.4 Å². The quantitative estimate of drug-likeness (QED) is 0.246. The fourth-order valence-corrected chi connectivity index (χ4v) is 4.91. The molecule has 0 aliphatic rings. The Morgan fingerprint density at radius 1 is 0.949 bits per heavy atom. The summed E-state index contributed by atoms with van der Waals surface area (Å²) in [6.07, 6.45) is -4.35. The fourth-order valence-electron chi connectivity index (χ4n) is 3.90. The van der Waals surface area contributed by atoms with Crippen LogP contribution in [0, 0.1) is 12.7 Å². The second-order valence-electron chi connectivity index (χ2n) is 8.29. The number of urea groups is 1. The van der Waals surface area contributed by atoms with Crippen molar-refractivity contribution in [2.45, 2.75) is 24.4 Å². The summed E-state index contributed by atoms with van der Waals surface area (Å²) in [5, 5.41) is 6.23. The minimum Gasteiger partial charge on any atom is -0.337 e. The second-order valence-corrected chi connectivity index (χ2v) is 9.94. The molecular weight excluding hydrogens is 547 g/mol. The van der Waals surface area contributed by atoms with Gasteiger partial charge in [-0.2, -0.15) is 18.3 Å². The monoisotopic (exact) mass is 569 g/mol. The molecule has 0 saturated heterocycles. The molecule has 199 valence electrons. The molecule has 0 spiro atoms. The zero-order chi connectivity index (χ0) is 27.5. The van der Waals surface area contributed by atoms with E-state index in [1.54, 1.807) is 66.2 Å². The van der Waals surface area contributed by atoms with Crippen LogP contribution in [-0.2, 0) is 22.6 Å². The maximum atomic E-state index is 13.8. The van der Waals surface area contributed by atoms with E-state index in [1.807, 2.05) is 0 Å². The third kappa shape index (κ3) is 7.07. The molecular formula is C26H22F4N4NaO3S. The van der Waals surface area contributed by atoms with E-state index in [2.05, 4.69) is 10.4 Å². The van der Waals surface area contributed by atoms with Crippen molar-refractivity contribution in [3.05, 3.63) is 102 Å². The summed E-state index contributed by atoms with van der Waals surface area (Å²) in [6.45, 7) is 1.62. The minimum absolute atomic E-state index is 0. The van der Waals surface area contributed by atoms with Crippen LogP contribution < -0.4 is 10.0 Å². The Morgan fingerprint density at radius 2 is 1.56 bits per heavy atom. The molecule has 0 aliphatic carbocycles. The van der Waals surface area contributed by atoms with Gasteiger partial charge in [-0.05, 0) is 48.7 Å². The van der Waals surface area contributed by atoms with Gasteiger partial charge in [0.1, 0.15) is 10.7 Å². The van der Waals surface area contributed by atoms with Crippen LogP contribution in [0.5, 0.6) is 0 Å². The number of benzene rings is 3. The number of aromatic nitrogens is 2. The van der Waals surface area contributed by atoms with E-state index < -0.39 is 38.6 Å². The van der Waals surface area contributed by atoms with Crippen LogP contribution in [0.15, 0.2) is 83.8 Å². The Hall–Kier alpha value is -3.19. The Bertz CT molecular complexity index is 1560. The van der Waals surface area contributed by atoms with Crippen LogP contribution in [0.1, 0.15) is 17.0 Å². The van der Waals surface area contributed by atoms with Gasteiger partial charge in [0, 0.05) is 47.4 Å². The molecule has 39 heavy (non-hydrogen) atoms. The number of carbonyl (C=O) groups is 1. The Morgan fingerprint density at radius 3 is 2.18 bits per heavy atom. The maximum absolute atomic E-state index is 13.8. The number of halogens is 4. The average Bonchev–Trinajstić information content (AvgIpc) is 3.22. The van der Waals surface area contributed by atoms with Gasteiger partial charge in [-0.3, -0.25) is 0 Å². The summed E-state index contributed by atoms with van der Waals surface area (Å²) < 4.78 is 82.4. The molecule has 1 heterocycles. The smallest absolute Gasteiger partial charge is 0.337 e. The molecule has 2 N–H and O–H groups in total. The fraction of sp³-hybridized carbons (Fsp3) is 0.154. The number of carbonyl (C=O) groups excluding carboxylic acids is 1. The first-order chi connectivity index (χ1) is 18.0. The number of nitrogens with zero attached hydrogens (tertiary/aromatic N) is 2. The molecule has 0 atom stereocenters. The summed E-state index contributed by atoms with van der Waals surface area (Å²) in [5.74, 6) is -0.987. The molecule has 1 radical (unpaired) electrons. The van der Waals surface area contributed by atoms with Crippen molar-refractivity contribution in [3.8, 4) is 16.8 Å². The number of hydrogen-bond donors (Lipinski definition) is 2. The number of rotatable bonds is 7. The Labute approximate surface area is 244 Å². The molecule has 0 saturated carbocycles. The molecule has 7 nitrogen and oxygen atoms in total. The van der Waals surface area contributed by atoms with Gasteiger partial charge in [-0.25, -0.2) is 27.0 Å². The molecule has 0 aliphatic heterocycles. The van der Waals surface area contributed by atoms with Crippen molar-refractivity contribution in [2.24, 2.45) is 0 Å². The number of sulfonamides is 1. The standard InChI is InChI=1S/C26H22F4N4O3S.Na/c1-17-23(19-7-3-2-4-8-19)24(26(28,29)30)32-34(17)20-13-11-18(12-14-20)15-16-31-25(35)33-38(36,37)22-10-6-5-9-21(22)27;/h2-14H,15-16H2,1H3,(H2,31,33,35);. The van der Waals surface area contributed by atoms with Gasteiger partial charge in [-0.1, -0.05) is 54.6 Å². The van der Waals surface area contributed by atoms with E-state index in [9.17, 15) is 30.8 Å². The molecule has 2 amide bonds. The number of amides is 2. The van der Waals surface area contributed by atoms with Gasteiger partial charge in [-0.15, -0.1) is 0 Å². The zero-order valence-corrected chi connectivity index (χ0v) is 23.8. The number of nitrogens with one attached hydrogen (secondary N) is 2. The van der Waals surface area contributed by atoms with Crippen LogP contribution in [0.4, 0.5) is 22.4 Å². The second kappa shape index (κ2) is 12.3. The van der Waals surface area contributed by atoms with Gasteiger partial charge in [0.25, 0.3) is 10.0 Å². The van der Waals surface area contributed by atoms with E-state index in [4.69, 9.17) is 0 Å². The van der Waals surface area contributed by atoms with E-state index in [-0.39, 0.29) is 41.7 Å². The van der Waals surface area contributed by atoms with Gasteiger partial charge in [0.2, 0.25) is 0 Å². The van der Waals surface area contributed by atoms with Crippen LogP contribution in [0.25, 0.3) is 16.8 Å². The predicted octanol–water partition coefficient (Wildman–Crippen LogP) is 4.86. The van der Waals surface area contributed by atoms with Crippen molar-refractivity contribution in [2.75, 3.05) is 6.54 Å². The predicted molar refractivity (Wildman–Crippen MR) is 138 cm³/mol. The molecule has 1 aromatic heterocycles. The minimum atomic E-state index is -4.65. The number of hydrogen-bond acceptors (Lipinski definition) is 4. The SMILES string of the molecule is Cc1c(-c2ccccc2)c(C(F)(F)F)nn1-c1ccc(CCNC(=O)NS(=O)(=O)c2ccccc2F)cc1.[Na].